The number of thiazole rings is 1. The lowest BCUT2D eigenvalue weighted by Crippen LogP contribution is -2.35. The van der Waals surface area contributed by atoms with E-state index >= 15 is 0 Å². The molecule has 2 amide bonds. The van der Waals surface area contributed by atoms with Crippen LogP contribution < -0.4 is 4.90 Å². The van der Waals surface area contributed by atoms with E-state index in [1.54, 1.807) is 40.3 Å². The van der Waals surface area contributed by atoms with Crippen LogP contribution in [-0.2, 0) is 27.4 Å². The summed E-state index contributed by atoms with van der Waals surface area (Å²) in [6.07, 6.45) is 0.227. The zero-order valence-corrected chi connectivity index (χ0v) is 18.5. The lowest BCUT2D eigenvalue weighted by Gasteiger charge is -2.25. The number of carbonyl (C=O) groups excluding carboxylic acids is 2. The van der Waals surface area contributed by atoms with Crippen molar-refractivity contribution in [1.29, 1.82) is 0 Å². The molecule has 1 unspecified atom stereocenters. The van der Waals surface area contributed by atoms with Crippen LogP contribution in [0.25, 0.3) is 0 Å². The summed E-state index contributed by atoms with van der Waals surface area (Å²) in [5, 5.41) is 3.69. The molecule has 160 valence electrons. The molecule has 30 heavy (non-hydrogen) atoms. The summed E-state index contributed by atoms with van der Waals surface area (Å²) < 4.78 is 5.38. The molecule has 9 heteroatoms. The van der Waals surface area contributed by atoms with E-state index < -0.39 is 0 Å². The maximum Gasteiger partial charge on any atom is 0.228 e. The number of benzene rings is 1. The number of nitrogens with zero attached hydrogens (tertiary/aromatic N) is 4. The maximum atomic E-state index is 12.9. The molecule has 7 nitrogen and oxygen atoms in total. The first-order valence-electron chi connectivity index (χ1n) is 10.0. The number of halogens is 1. The second-order valence-corrected chi connectivity index (χ2v) is 9.08. The van der Waals surface area contributed by atoms with E-state index in [1.165, 1.54) is 0 Å². The second kappa shape index (κ2) is 9.43. The van der Waals surface area contributed by atoms with Gasteiger partial charge in [-0.15, -0.1) is 11.3 Å². The summed E-state index contributed by atoms with van der Waals surface area (Å²) in [6, 6.07) is 7.12. The van der Waals surface area contributed by atoms with E-state index in [0.29, 0.717) is 18.1 Å². The molecule has 1 atom stereocenters. The Bertz CT molecular complexity index is 898. The third-order valence-corrected chi connectivity index (χ3v) is 6.58. The first-order valence-corrected chi connectivity index (χ1v) is 11.3. The second-order valence-electron chi connectivity index (χ2n) is 7.70. The molecule has 1 aromatic heterocycles. The number of aromatic nitrogens is 1. The van der Waals surface area contributed by atoms with E-state index in [-0.39, 0.29) is 24.2 Å². The smallest absolute Gasteiger partial charge is 0.228 e. The molecule has 0 spiro atoms. The fourth-order valence-electron chi connectivity index (χ4n) is 3.82. The minimum Gasteiger partial charge on any atom is -0.379 e. The number of rotatable bonds is 6. The lowest BCUT2D eigenvalue weighted by molar-refractivity contribution is -0.135. The Morgan fingerprint density at radius 3 is 2.77 bits per heavy atom. The molecule has 0 N–H and O–H groups in total. The molecule has 0 aliphatic carbocycles. The Hall–Kier alpha value is -2.00. The number of ether oxygens (including phenoxy) is 1. The van der Waals surface area contributed by atoms with Gasteiger partial charge in [-0.3, -0.25) is 14.5 Å². The predicted octanol–water partition coefficient (Wildman–Crippen LogP) is 2.64. The SMILES string of the molecule is CN(Cc1csc(CN2CCOCC2)n1)C(=O)C1CC(=O)N(c2ccc(Cl)cc2)C1. The molecule has 0 bridgehead atoms. The van der Waals surface area contributed by atoms with E-state index in [4.69, 9.17) is 21.3 Å². The molecule has 0 radical (unpaired) electrons. The van der Waals surface area contributed by atoms with Crippen molar-refractivity contribution in [3.8, 4) is 0 Å². The largest absolute Gasteiger partial charge is 0.379 e. The monoisotopic (exact) mass is 448 g/mol. The van der Waals surface area contributed by atoms with Gasteiger partial charge in [0.25, 0.3) is 0 Å². The minimum absolute atomic E-state index is 0.0254. The highest BCUT2D eigenvalue weighted by Crippen LogP contribution is 2.27. The van der Waals surface area contributed by atoms with Crippen molar-refractivity contribution in [3.05, 3.63) is 45.4 Å². The fraction of sp³-hybridized carbons (Fsp3) is 0.476. The number of morpholine rings is 1. The Kier molecular flexibility index (Phi) is 6.67. The Labute approximate surface area is 185 Å². The number of anilines is 1. The van der Waals surface area contributed by atoms with Crippen LogP contribution >= 0.6 is 22.9 Å². The van der Waals surface area contributed by atoms with Gasteiger partial charge in [-0.05, 0) is 24.3 Å². The van der Waals surface area contributed by atoms with Crippen molar-refractivity contribution < 1.29 is 14.3 Å². The quantitative estimate of drug-likeness (QED) is 0.679. The molecule has 3 heterocycles. The number of carbonyl (C=O) groups is 2. The van der Waals surface area contributed by atoms with Crippen LogP contribution in [0.1, 0.15) is 17.1 Å². The molecule has 2 aliphatic rings. The standard InChI is InChI=1S/C21H25ClN4O3S/c1-24(12-17-14-30-19(23-17)13-25-6-8-29-9-7-25)21(28)15-10-20(27)26(11-15)18-4-2-16(22)3-5-18/h2-5,14-15H,6-13H2,1H3. The van der Waals surface area contributed by atoms with E-state index in [2.05, 4.69) is 4.90 Å². The van der Waals surface area contributed by atoms with Crippen molar-refractivity contribution in [3.63, 3.8) is 0 Å². The zero-order valence-electron chi connectivity index (χ0n) is 16.9. The van der Waals surface area contributed by atoms with E-state index in [9.17, 15) is 9.59 Å². The molecule has 0 saturated carbocycles. The van der Waals surface area contributed by atoms with Crippen molar-refractivity contribution in [2.24, 2.45) is 5.92 Å². The highest BCUT2D eigenvalue weighted by molar-refractivity contribution is 7.09. The maximum absolute atomic E-state index is 12.9. The Balaban J connectivity index is 1.32. The topological polar surface area (TPSA) is 66.0 Å². The molecular weight excluding hydrogens is 424 g/mol. The van der Waals surface area contributed by atoms with Crippen LogP contribution in [0.15, 0.2) is 29.6 Å². The van der Waals surface area contributed by atoms with Gasteiger partial charge in [-0.25, -0.2) is 4.98 Å². The van der Waals surface area contributed by atoms with Crippen LogP contribution in [0.3, 0.4) is 0 Å². The van der Waals surface area contributed by atoms with Crippen LogP contribution in [-0.4, -0.2) is 66.5 Å². The molecule has 1 aromatic carbocycles. The molecule has 2 saturated heterocycles. The van der Waals surface area contributed by atoms with Gasteiger partial charge in [0.15, 0.2) is 0 Å². The summed E-state index contributed by atoms with van der Waals surface area (Å²) >= 11 is 7.55. The first-order chi connectivity index (χ1) is 14.5. The van der Waals surface area contributed by atoms with Crippen molar-refractivity contribution in [2.45, 2.75) is 19.5 Å². The van der Waals surface area contributed by atoms with Gasteiger partial charge < -0.3 is 14.5 Å². The summed E-state index contributed by atoms with van der Waals surface area (Å²) in [6.45, 7) is 5.04. The summed E-state index contributed by atoms with van der Waals surface area (Å²) in [5.74, 6) is -0.405. The average Bonchev–Trinajstić information content (AvgIpc) is 3.35. The first kappa shape index (κ1) is 21.2. The predicted molar refractivity (Wildman–Crippen MR) is 117 cm³/mol. The Morgan fingerprint density at radius 2 is 2.03 bits per heavy atom. The van der Waals surface area contributed by atoms with Crippen molar-refractivity contribution >= 4 is 40.4 Å². The highest BCUT2D eigenvalue weighted by atomic mass is 35.5. The molecule has 4 rings (SSSR count). The normalized spacial score (nSPS) is 20.0. The van der Waals surface area contributed by atoms with Gasteiger partial charge in [0.2, 0.25) is 11.8 Å². The van der Waals surface area contributed by atoms with Gasteiger partial charge in [0.05, 0.1) is 37.9 Å². The average molecular weight is 449 g/mol. The van der Waals surface area contributed by atoms with Gasteiger partial charge >= 0.3 is 0 Å². The van der Waals surface area contributed by atoms with Gasteiger partial charge in [0.1, 0.15) is 5.01 Å². The van der Waals surface area contributed by atoms with Crippen molar-refractivity contribution in [1.82, 2.24) is 14.8 Å². The molecule has 2 fully saturated rings. The van der Waals surface area contributed by atoms with Gasteiger partial charge in [0, 0.05) is 49.2 Å². The van der Waals surface area contributed by atoms with Crippen LogP contribution in [0.2, 0.25) is 5.02 Å². The van der Waals surface area contributed by atoms with Crippen molar-refractivity contribution in [2.75, 3.05) is 44.8 Å². The molecular formula is C21H25ClN4O3S. The van der Waals surface area contributed by atoms with Crippen LogP contribution in [0.5, 0.6) is 0 Å². The van der Waals surface area contributed by atoms with E-state index in [1.807, 2.05) is 17.5 Å². The molecule has 2 aromatic rings. The van der Waals surface area contributed by atoms with Gasteiger partial charge in [-0.2, -0.15) is 0 Å². The summed E-state index contributed by atoms with van der Waals surface area (Å²) in [4.78, 5) is 35.7. The third-order valence-electron chi connectivity index (χ3n) is 5.45. The summed E-state index contributed by atoms with van der Waals surface area (Å²) in [7, 11) is 1.78. The summed E-state index contributed by atoms with van der Waals surface area (Å²) in [5.41, 5.74) is 1.66. The fourth-order valence-corrected chi connectivity index (χ4v) is 4.77. The highest BCUT2D eigenvalue weighted by Gasteiger charge is 2.36. The number of amides is 2. The lowest BCUT2D eigenvalue weighted by atomic mass is 10.1. The van der Waals surface area contributed by atoms with E-state index in [0.717, 1.165) is 49.2 Å². The molecule has 2 aliphatic heterocycles. The van der Waals surface area contributed by atoms with Crippen LogP contribution in [0, 0.1) is 5.92 Å². The third kappa shape index (κ3) is 5.00. The number of hydrogen-bond donors (Lipinski definition) is 0. The van der Waals surface area contributed by atoms with Crippen LogP contribution in [0.4, 0.5) is 5.69 Å². The Morgan fingerprint density at radius 1 is 1.30 bits per heavy atom. The number of hydrogen-bond acceptors (Lipinski definition) is 6. The van der Waals surface area contributed by atoms with Gasteiger partial charge in [-0.1, -0.05) is 11.6 Å². The minimum atomic E-state index is -0.343. The zero-order chi connectivity index (χ0) is 21.1.